The van der Waals surface area contributed by atoms with Gasteiger partial charge in [0.05, 0.1) is 6.10 Å². The van der Waals surface area contributed by atoms with Crippen molar-refractivity contribution in [3.63, 3.8) is 0 Å². The number of aliphatic hydroxyl groups excluding tert-OH is 1. The molecular formula is C17H23N5O2. The highest BCUT2D eigenvalue weighted by atomic mass is 16.3. The van der Waals surface area contributed by atoms with Crippen LogP contribution in [-0.4, -0.2) is 38.6 Å². The standard InChI is InChI=1S/C17H23N5O2/c23-15-4-1-3-13(9-15)11-19-17(24)20-12-14-5-7-18-16(10-14)22-8-2-6-21-22/h2,5-8,10,13,15,23H,1,3-4,9,11-12H2,(H2,19,20,24). The number of hydrogen-bond acceptors (Lipinski definition) is 4. The molecule has 0 aliphatic heterocycles. The first-order valence-corrected chi connectivity index (χ1v) is 8.35. The Labute approximate surface area is 141 Å². The number of carbonyl (C=O) groups is 1. The molecule has 1 aliphatic carbocycles. The number of hydrogen-bond donors (Lipinski definition) is 3. The Morgan fingerprint density at radius 1 is 1.33 bits per heavy atom. The molecule has 7 nitrogen and oxygen atoms in total. The van der Waals surface area contributed by atoms with Crippen LogP contribution in [0.1, 0.15) is 31.2 Å². The molecule has 2 heterocycles. The van der Waals surface area contributed by atoms with Gasteiger partial charge in [-0.25, -0.2) is 14.5 Å². The third-order valence-corrected chi connectivity index (χ3v) is 4.31. The molecule has 1 saturated carbocycles. The first kappa shape index (κ1) is 16.4. The predicted octanol–water partition coefficient (Wildman–Crippen LogP) is 1.62. The highest BCUT2D eigenvalue weighted by molar-refractivity contribution is 5.73. The van der Waals surface area contributed by atoms with Crippen LogP contribution in [0.2, 0.25) is 0 Å². The number of aromatic nitrogens is 3. The van der Waals surface area contributed by atoms with Gasteiger partial charge in [0.1, 0.15) is 0 Å². The van der Waals surface area contributed by atoms with Crippen molar-refractivity contribution in [1.82, 2.24) is 25.4 Å². The lowest BCUT2D eigenvalue weighted by Crippen LogP contribution is -2.39. The molecule has 2 unspecified atom stereocenters. The lowest BCUT2D eigenvalue weighted by Gasteiger charge is -2.25. The molecule has 7 heteroatoms. The van der Waals surface area contributed by atoms with Gasteiger partial charge in [-0.3, -0.25) is 0 Å². The Morgan fingerprint density at radius 2 is 2.25 bits per heavy atom. The number of carbonyl (C=O) groups excluding carboxylic acids is 1. The van der Waals surface area contributed by atoms with Crippen LogP contribution in [0.25, 0.3) is 5.82 Å². The molecule has 2 atom stereocenters. The van der Waals surface area contributed by atoms with Crippen LogP contribution in [0, 0.1) is 5.92 Å². The molecule has 0 aromatic carbocycles. The summed E-state index contributed by atoms with van der Waals surface area (Å²) in [6.45, 7) is 1.04. The molecule has 2 aromatic rings. The summed E-state index contributed by atoms with van der Waals surface area (Å²) in [5.74, 6) is 1.09. The number of amides is 2. The van der Waals surface area contributed by atoms with Gasteiger partial charge < -0.3 is 15.7 Å². The second-order valence-electron chi connectivity index (χ2n) is 6.22. The predicted molar refractivity (Wildman–Crippen MR) is 89.6 cm³/mol. The summed E-state index contributed by atoms with van der Waals surface area (Å²) in [6.07, 6.45) is 8.76. The molecule has 128 valence electrons. The molecule has 0 spiro atoms. The van der Waals surface area contributed by atoms with E-state index in [0.29, 0.717) is 19.0 Å². The fraction of sp³-hybridized carbons (Fsp3) is 0.471. The van der Waals surface area contributed by atoms with Crippen LogP contribution in [0.4, 0.5) is 4.79 Å². The quantitative estimate of drug-likeness (QED) is 0.777. The summed E-state index contributed by atoms with van der Waals surface area (Å²) >= 11 is 0. The van der Waals surface area contributed by atoms with Gasteiger partial charge in [0, 0.05) is 31.7 Å². The SMILES string of the molecule is O=C(NCc1ccnc(-n2cccn2)c1)NCC1CCCC(O)C1. The first-order valence-electron chi connectivity index (χ1n) is 8.35. The summed E-state index contributed by atoms with van der Waals surface area (Å²) in [6, 6.07) is 5.41. The Hall–Kier alpha value is -2.41. The van der Waals surface area contributed by atoms with Gasteiger partial charge in [-0.1, -0.05) is 6.42 Å². The molecule has 24 heavy (non-hydrogen) atoms. The van der Waals surface area contributed by atoms with Gasteiger partial charge in [-0.2, -0.15) is 5.10 Å². The highest BCUT2D eigenvalue weighted by Crippen LogP contribution is 2.23. The number of rotatable bonds is 5. The molecule has 1 aliphatic rings. The van der Waals surface area contributed by atoms with Gasteiger partial charge in [0.25, 0.3) is 0 Å². The number of nitrogens with one attached hydrogen (secondary N) is 2. The van der Waals surface area contributed by atoms with Crippen LogP contribution < -0.4 is 10.6 Å². The lowest BCUT2D eigenvalue weighted by atomic mass is 9.87. The molecule has 3 N–H and O–H groups in total. The van der Waals surface area contributed by atoms with E-state index in [1.165, 1.54) is 0 Å². The average Bonchev–Trinajstić information content (AvgIpc) is 3.13. The van der Waals surface area contributed by atoms with Crippen LogP contribution in [0.5, 0.6) is 0 Å². The van der Waals surface area contributed by atoms with Crippen LogP contribution >= 0.6 is 0 Å². The molecule has 0 bridgehead atoms. The number of aliphatic hydroxyl groups is 1. The van der Waals surface area contributed by atoms with Crippen LogP contribution in [0.3, 0.4) is 0 Å². The lowest BCUT2D eigenvalue weighted by molar-refractivity contribution is 0.101. The van der Waals surface area contributed by atoms with E-state index < -0.39 is 0 Å². The van der Waals surface area contributed by atoms with Crippen molar-refractivity contribution in [3.8, 4) is 5.82 Å². The highest BCUT2D eigenvalue weighted by Gasteiger charge is 2.20. The topological polar surface area (TPSA) is 92.1 Å². The van der Waals surface area contributed by atoms with Crippen molar-refractivity contribution in [3.05, 3.63) is 42.4 Å². The fourth-order valence-electron chi connectivity index (χ4n) is 3.03. The Morgan fingerprint density at radius 3 is 3.04 bits per heavy atom. The van der Waals surface area contributed by atoms with E-state index in [9.17, 15) is 9.90 Å². The van der Waals surface area contributed by atoms with E-state index in [1.807, 2.05) is 24.4 Å². The van der Waals surface area contributed by atoms with E-state index in [0.717, 1.165) is 37.1 Å². The fourth-order valence-corrected chi connectivity index (χ4v) is 3.03. The van der Waals surface area contributed by atoms with Crippen molar-refractivity contribution < 1.29 is 9.90 Å². The number of nitrogens with zero attached hydrogens (tertiary/aromatic N) is 3. The van der Waals surface area contributed by atoms with Gasteiger partial charge in [0.15, 0.2) is 5.82 Å². The van der Waals surface area contributed by atoms with E-state index in [1.54, 1.807) is 17.1 Å². The summed E-state index contributed by atoms with van der Waals surface area (Å²) < 4.78 is 1.68. The monoisotopic (exact) mass is 329 g/mol. The summed E-state index contributed by atoms with van der Waals surface area (Å²) in [5, 5.41) is 19.5. The molecule has 3 rings (SSSR count). The van der Waals surface area contributed by atoms with Crippen molar-refractivity contribution in [2.45, 2.75) is 38.3 Å². The Balaban J connectivity index is 1.45. The summed E-state index contributed by atoms with van der Waals surface area (Å²) in [4.78, 5) is 16.2. The van der Waals surface area contributed by atoms with Gasteiger partial charge in [0.2, 0.25) is 0 Å². The zero-order chi connectivity index (χ0) is 16.8. The minimum absolute atomic E-state index is 0.187. The molecule has 2 amide bonds. The minimum atomic E-state index is -0.217. The van der Waals surface area contributed by atoms with Crippen molar-refractivity contribution in [1.29, 1.82) is 0 Å². The van der Waals surface area contributed by atoms with Gasteiger partial charge in [-0.05, 0) is 48.9 Å². The van der Waals surface area contributed by atoms with Crippen LogP contribution in [0.15, 0.2) is 36.8 Å². The molecule has 1 fully saturated rings. The van der Waals surface area contributed by atoms with Crippen molar-refractivity contribution in [2.75, 3.05) is 6.54 Å². The maximum Gasteiger partial charge on any atom is 0.315 e. The zero-order valence-corrected chi connectivity index (χ0v) is 13.6. The second kappa shape index (κ2) is 7.92. The zero-order valence-electron chi connectivity index (χ0n) is 13.6. The maximum absolute atomic E-state index is 11.9. The maximum atomic E-state index is 11.9. The number of pyridine rings is 1. The van der Waals surface area contributed by atoms with Crippen LogP contribution in [-0.2, 0) is 6.54 Å². The third kappa shape index (κ3) is 4.55. The van der Waals surface area contributed by atoms with Crippen molar-refractivity contribution >= 4 is 6.03 Å². The molecular weight excluding hydrogens is 306 g/mol. The largest absolute Gasteiger partial charge is 0.393 e. The Bertz CT molecular complexity index is 659. The van der Waals surface area contributed by atoms with Gasteiger partial charge in [-0.15, -0.1) is 0 Å². The normalized spacial score (nSPS) is 20.5. The molecule has 0 saturated heterocycles. The summed E-state index contributed by atoms with van der Waals surface area (Å²) in [5.41, 5.74) is 0.957. The van der Waals surface area contributed by atoms with E-state index in [2.05, 4.69) is 20.7 Å². The first-order chi connectivity index (χ1) is 11.7. The smallest absolute Gasteiger partial charge is 0.315 e. The van der Waals surface area contributed by atoms with E-state index in [4.69, 9.17) is 0 Å². The summed E-state index contributed by atoms with van der Waals surface area (Å²) in [7, 11) is 0. The average molecular weight is 329 g/mol. The second-order valence-corrected chi connectivity index (χ2v) is 6.22. The minimum Gasteiger partial charge on any atom is -0.393 e. The van der Waals surface area contributed by atoms with E-state index in [-0.39, 0.29) is 12.1 Å². The number of urea groups is 1. The molecule has 2 aromatic heterocycles. The Kier molecular flexibility index (Phi) is 5.43. The van der Waals surface area contributed by atoms with E-state index >= 15 is 0 Å². The van der Waals surface area contributed by atoms with Gasteiger partial charge >= 0.3 is 6.03 Å². The van der Waals surface area contributed by atoms with Crippen molar-refractivity contribution in [2.24, 2.45) is 5.92 Å². The molecule has 0 radical (unpaired) electrons. The third-order valence-electron chi connectivity index (χ3n) is 4.31.